The molecule has 7 heteroatoms. The maximum Gasteiger partial charge on any atom is 0.401 e. The summed E-state index contributed by atoms with van der Waals surface area (Å²) in [4.78, 5) is 0. The fourth-order valence-corrected chi connectivity index (χ4v) is 0.964. The van der Waals surface area contributed by atoms with Crippen molar-refractivity contribution in [1.82, 2.24) is 20.1 Å². The van der Waals surface area contributed by atoms with Gasteiger partial charge in [0.05, 0.1) is 6.54 Å². The number of halogens is 3. The maximum absolute atomic E-state index is 11.7. The molecule has 1 N–H and O–H groups in total. The Morgan fingerprint density at radius 1 is 1.50 bits per heavy atom. The van der Waals surface area contributed by atoms with E-state index in [1.807, 2.05) is 0 Å². The molecule has 0 aromatic carbocycles. The predicted molar refractivity (Wildman–Crippen MR) is 43.6 cm³/mol. The third-order valence-electron chi connectivity index (χ3n) is 1.66. The number of rotatable bonds is 4. The van der Waals surface area contributed by atoms with E-state index in [1.54, 1.807) is 11.6 Å². The van der Waals surface area contributed by atoms with Gasteiger partial charge in [-0.05, 0) is 0 Å². The van der Waals surface area contributed by atoms with Gasteiger partial charge < -0.3 is 9.88 Å². The summed E-state index contributed by atoms with van der Waals surface area (Å²) in [6, 6.07) is 0. The van der Waals surface area contributed by atoms with Gasteiger partial charge in [0, 0.05) is 20.0 Å². The minimum absolute atomic E-state index is 0.242. The van der Waals surface area contributed by atoms with Crippen LogP contribution in [0.4, 0.5) is 13.2 Å². The lowest BCUT2D eigenvalue weighted by Crippen LogP contribution is -2.30. The summed E-state index contributed by atoms with van der Waals surface area (Å²) < 4.78 is 36.8. The zero-order chi connectivity index (χ0) is 10.6. The molecule has 0 bridgehead atoms. The Labute approximate surface area is 79.1 Å². The van der Waals surface area contributed by atoms with Crippen LogP contribution in [0.3, 0.4) is 0 Å². The Morgan fingerprint density at radius 3 is 2.71 bits per heavy atom. The lowest BCUT2D eigenvalue weighted by atomic mass is 10.4. The van der Waals surface area contributed by atoms with Crippen LogP contribution in [0.25, 0.3) is 0 Å². The minimum Gasteiger partial charge on any atom is -0.321 e. The molecule has 1 rings (SSSR count). The van der Waals surface area contributed by atoms with Crippen molar-refractivity contribution in [3.8, 4) is 0 Å². The molecular weight excluding hydrogens is 197 g/mol. The lowest BCUT2D eigenvalue weighted by Gasteiger charge is -2.07. The Kier molecular flexibility index (Phi) is 3.45. The van der Waals surface area contributed by atoms with E-state index >= 15 is 0 Å². The molecule has 0 aliphatic rings. The van der Waals surface area contributed by atoms with Crippen LogP contribution in [0.15, 0.2) is 6.33 Å². The van der Waals surface area contributed by atoms with Crippen molar-refractivity contribution in [1.29, 1.82) is 0 Å². The van der Waals surface area contributed by atoms with Gasteiger partial charge in [0.25, 0.3) is 0 Å². The van der Waals surface area contributed by atoms with Crippen LogP contribution in [0.5, 0.6) is 0 Å². The number of aromatic nitrogens is 3. The number of hydrogen-bond donors (Lipinski definition) is 1. The van der Waals surface area contributed by atoms with Crippen molar-refractivity contribution in [2.75, 3.05) is 13.1 Å². The fraction of sp³-hybridized carbons (Fsp3) is 0.714. The van der Waals surface area contributed by atoms with Crippen LogP contribution in [-0.2, 0) is 13.5 Å². The molecule has 0 radical (unpaired) electrons. The van der Waals surface area contributed by atoms with Crippen LogP contribution < -0.4 is 5.32 Å². The van der Waals surface area contributed by atoms with Crippen molar-refractivity contribution >= 4 is 0 Å². The first-order valence-corrected chi connectivity index (χ1v) is 4.09. The molecule has 0 spiro atoms. The molecule has 0 aliphatic carbocycles. The highest BCUT2D eigenvalue weighted by atomic mass is 19.4. The van der Waals surface area contributed by atoms with E-state index in [2.05, 4.69) is 15.5 Å². The van der Waals surface area contributed by atoms with Crippen LogP contribution in [0, 0.1) is 0 Å². The summed E-state index contributed by atoms with van der Waals surface area (Å²) >= 11 is 0. The van der Waals surface area contributed by atoms with Gasteiger partial charge >= 0.3 is 6.18 Å². The molecule has 0 atom stereocenters. The van der Waals surface area contributed by atoms with E-state index in [0.717, 1.165) is 0 Å². The molecule has 0 aliphatic heterocycles. The number of alkyl halides is 3. The van der Waals surface area contributed by atoms with E-state index in [4.69, 9.17) is 0 Å². The van der Waals surface area contributed by atoms with Crippen molar-refractivity contribution in [2.24, 2.45) is 7.05 Å². The Hall–Kier alpha value is -1.11. The van der Waals surface area contributed by atoms with Crippen LogP contribution in [0.2, 0.25) is 0 Å². The molecule has 0 fully saturated rings. The van der Waals surface area contributed by atoms with Crippen LogP contribution >= 0.6 is 0 Å². The molecular formula is C7H11F3N4. The highest BCUT2D eigenvalue weighted by Crippen LogP contribution is 2.11. The van der Waals surface area contributed by atoms with Crippen molar-refractivity contribution in [2.45, 2.75) is 12.6 Å². The molecule has 1 aromatic rings. The quantitative estimate of drug-likeness (QED) is 0.733. The van der Waals surface area contributed by atoms with Gasteiger partial charge in [0.2, 0.25) is 0 Å². The van der Waals surface area contributed by atoms with Gasteiger partial charge in [0.15, 0.2) is 0 Å². The first-order chi connectivity index (χ1) is 6.49. The van der Waals surface area contributed by atoms with E-state index in [1.165, 1.54) is 6.33 Å². The monoisotopic (exact) mass is 208 g/mol. The largest absolute Gasteiger partial charge is 0.401 e. The molecule has 0 unspecified atom stereocenters. The predicted octanol–water partition coefficient (Wildman–Crippen LogP) is 0.509. The summed E-state index contributed by atoms with van der Waals surface area (Å²) in [5, 5.41) is 9.64. The molecule has 1 heterocycles. The number of nitrogens with one attached hydrogen (secondary N) is 1. The van der Waals surface area contributed by atoms with Gasteiger partial charge in [-0.15, -0.1) is 10.2 Å². The van der Waals surface area contributed by atoms with Gasteiger partial charge in [-0.3, -0.25) is 0 Å². The summed E-state index contributed by atoms with van der Waals surface area (Å²) in [6.45, 7) is -0.725. The van der Waals surface area contributed by atoms with Gasteiger partial charge in [0.1, 0.15) is 12.2 Å². The van der Waals surface area contributed by atoms with E-state index in [9.17, 15) is 13.2 Å². The van der Waals surface area contributed by atoms with E-state index < -0.39 is 12.7 Å². The summed E-state index contributed by atoms with van der Waals surface area (Å²) in [7, 11) is 1.75. The lowest BCUT2D eigenvalue weighted by molar-refractivity contribution is -0.124. The zero-order valence-electron chi connectivity index (χ0n) is 7.67. The second-order valence-electron chi connectivity index (χ2n) is 2.90. The minimum atomic E-state index is -4.15. The van der Waals surface area contributed by atoms with Crippen molar-refractivity contribution < 1.29 is 13.2 Å². The summed E-state index contributed by atoms with van der Waals surface area (Å²) in [5.41, 5.74) is 0. The first kappa shape index (κ1) is 11.0. The average Bonchev–Trinajstić information content (AvgIpc) is 2.44. The van der Waals surface area contributed by atoms with Crippen LogP contribution in [-0.4, -0.2) is 34.0 Å². The smallest absolute Gasteiger partial charge is 0.321 e. The SMILES string of the molecule is Cn1cnnc1CCNCC(F)(F)F. The molecule has 0 saturated heterocycles. The zero-order valence-corrected chi connectivity index (χ0v) is 7.67. The average molecular weight is 208 g/mol. The Balaban J connectivity index is 2.20. The molecule has 0 amide bonds. The highest BCUT2D eigenvalue weighted by Gasteiger charge is 2.25. The third kappa shape index (κ3) is 3.73. The molecule has 0 saturated carbocycles. The Bertz CT molecular complexity index is 281. The van der Waals surface area contributed by atoms with E-state index in [-0.39, 0.29) is 6.54 Å². The van der Waals surface area contributed by atoms with Gasteiger partial charge in [-0.1, -0.05) is 0 Å². The van der Waals surface area contributed by atoms with Crippen molar-refractivity contribution in [3.63, 3.8) is 0 Å². The van der Waals surface area contributed by atoms with Gasteiger partial charge in [-0.2, -0.15) is 13.2 Å². The fourth-order valence-electron chi connectivity index (χ4n) is 0.964. The standard InChI is InChI=1S/C7H11F3N4/c1-14-5-12-13-6(14)2-3-11-4-7(8,9)10/h5,11H,2-4H2,1H3. The summed E-state index contributed by atoms with van der Waals surface area (Å²) in [5.74, 6) is 0.666. The molecule has 1 aromatic heterocycles. The number of hydrogen-bond acceptors (Lipinski definition) is 3. The van der Waals surface area contributed by atoms with Gasteiger partial charge in [-0.25, -0.2) is 0 Å². The molecule has 14 heavy (non-hydrogen) atoms. The molecule has 4 nitrogen and oxygen atoms in total. The topological polar surface area (TPSA) is 42.7 Å². The van der Waals surface area contributed by atoms with E-state index in [0.29, 0.717) is 12.2 Å². The maximum atomic E-state index is 11.7. The second kappa shape index (κ2) is 4.41. The molecule has 80 valence electrons. The highest BCUT2D eigenvalue weighted by molar-refractivity contribution is 4.84. The van der Waals surface area contributed by atoms with Crippen LogP contribution in [0.1, 0.15) is 5.82 Å². The number of nitrogens with zero attached hydrogens (tertiary/aromatic N) is 3. The summed E-state index contributed by atoms with van der Waals surface area (Å²) in [6.07, 6.45) is -2.20. The first-order valence-electron chi connectivity index (χ1n) is 4.09. The Morgan fingerprint density at radius 2 is 2.21 bits per heavy atom. The number of aryl methyl sites for hydroxylation is 1. The normalized spacial score (nSPS) is 12.0. The second-order valence-corrected chi connectivity index (χ2v) is 2.90. The third-order valence-corrected chi connectivity index (χ3v) is 1.66. The van der Waals surface area contributed by atoms with Crippen molar-refractivity contribution in [3.05, 3.63) is 12.2 Å².